The van der Waals surface area contributed by atoms with Crippen LogP contribution in [0.3, 0.4) is 0 Å². The van der Waals surface area contributed by atoms with E-state index < -0.39 is 0 Å². The van der Waals surface area contributed by atoms with Gasteiger partial charge < -0.3 is 9.80 Å². The van der Waals surface area contributed by atoms with E-state index in [9.17, 15) is 4.79 Å². The summed E-state index contributed by atoms with van der Waals surface area (Å²) in [5.41, 5.74) is 2.53. The van der Waals surface area contributed by atoms with Crippen molar-refractivity contribution < 1.29 is 4.79 Å². The first-order valence-electron chi connectivity index (χ1n) is 9.93. The second kappa shape index (κ2) is 10.1. The van der Waals surface area contributed by atoms with Gasteiger partial charge in [-0.25, -0.2) is 0 Å². The van der Waals surface area contributed by atoms with E-state index in [0.717, 1.165) is 51.1 Å². The molecule has 1 fully saturated rings. The number of thioether (sulfide) groups is 1. The van der Waals surface area contributed by atoms with Crippen molar-refractivity contribution in [2.24, 2.45) is 5.92 Å². The van der Waals surface area contributed by atoms with E-state index >= 15 is 0 Å². The van der Waals surface area contributed by atoms with Crippen molar-refractivity contribution in [3.63, 3.8) is 0 Å². The van der Waals surface area contributed by atoms with Crippen LogP contribution in [0.15, 0.2) is 24.3 Å². The standard InChI is InChI=1S/C21H34N2OS/c1-5-9-10-17(6-2)20(24)23-15-16-25-21(23)18-11-13-19(14-12-18)22(7-3)8-4/h11-14,17,21H,5-10,15-16H2,1-4H3/t17-,21-/m1/s1. The Morgan fingerprint density at radius 1 is 1.20 bits per heavy atom. The molecule has 2 rings (SSSR count). The molecule has 0 aromatic heterocycles. The molecule has 4 heteroatoms. The van der Waals surface area contributed by atoms with Crippen LogP contribution in [-0.4, -0.2) is 36.2 Å². The number of hydrogen-bond donors (Lipinski definition) is 0. The van der Waals surface area contributed by atoms with Gasteiger partial charge in [-0.15, -0.1) is 11.8 Å². The predicted molar refractivity (Wildman–Crippen MR) is 110 cm³/mol. The molecule has 1 heterocycles. The molecule has 1 saturated heterocycles. The van der Waals surface area contributed by atoms with Crippen molar-refractivity contribution in [1.29, 1.82) is 0 Å². The van der Waals surface area contributed by atoms with E-state index in [1.807, 2.05) is 11.8 Å². The zero-order valence-corrected chi connectivity index (χ0v) is 17.1. The van der Waals surface area contributed by atoms with Gasteiger partial charge in [-0.3, -0.25) is 4.79 Å². The van der Waals surface area contributed by atoms with Crippen LogP contribution in [-0.2, 0) is 4.79 Å². The number of amides is 1. The molecule has 140 valence electrons. The Labute approximate surface area is 158 Å². The Balaban J connectivity index is 2.11. The highest BCUT2D eigenvalue weighted by molar-refractivity contribution is 7.99. The molecule has 0 aliphatic carbocycles. The molecular formula is C21H34N2OS. The smallest absolute Gasteiger partial charge is 0.226 e. The molecule has 1 aromatic carbocycles. The molecule has 1 amide bonds. The molecular weight excluding hydrogens is 328 g/mol. The minimum absolute atomic E-state index is 0.189. The first-order valence-corrected chi connectivity index (χ1v) is 11.0. The average molecular weight is 363 g/mol. The molecule has 25 heavy (non-hydrogen) atoms. The van der Waals surface area contributed by atoms with E-state index in [-0.39, 0.29) is 11.3 Å². The molecule has 0 spiro atoms. The van der Waals surface area contributed by atoms with Crippen molar-refractivity contribution in [2.75, 3.05) is 30.3 Å². The third-order valence-corrected chi connectivity index (χ3v) is 6.49. The lowest BCUT2D eigenvalue weighted by Gasteiger charge is -2.28. The van der Waals surface area contributed by atoms with Crippen LogP contribution in [0.5, 0.6) is 0 Å². The molecule has 0 saturated carbocycles. The lowest BCUT2D eigenvalue weighted by atomic mass is 9.97. The lowest BCUT2D eigenvalue weighted by Crippen LogP contribution is -2.35. The molecule has 0 N–H and O–H groups in total. The molecule has 1 aromatic rings. The van der Waals surface area contributed by atoms with Gasteiger partial charge in [-0.2, -0.15) is 0 Å². The lowest BCUT2D eigenvalue weighted by molar-refractivity contribution is -0.136. The summed E-state index contributed by atoms with van der Waals surface area (Å²) in [5.74, 6) is 1.59. The molecule has 1 aliphatic rings. The Bertz CT molecular complexity index is 527. The van der Waals surface area contributed by atoms with E-state index in [1.54, 1.807) is 0 Å². The Kier molecular flexibility index (Phi) is 8.14. The normalized spacial score (nSPS) is 18.4. The van der Waals surface area contributed by atoms with Gasteiger partial charge in [0.2, 0.25) is 5.91 Å². The molecule has 0 bridgehead atoms. The monoisotopic (exact) mass is 362 g/mol. The number of unbranched alkanes of at least 4 members (excludes halogenated alkanes) is 1. The van der Waals surface area contributed by atoms with Crippen LogP contribution in [0.1, 0.15) is 64.3 Å². The first kappa shape index (κ1) is 20.2. The van der Waals surface area contributed by atoms with Crippen LogP contribution in [0, 0.1) is 5.92 Å². The largest absolute Gasteiger partial charge is 0.372 e. The molecule has 3 nitrogen and oxygen atoms in total. The zero-order chi connectivity index (χ0) is 18.2. The fourth-order valence-electron chi connectivity index (χ4n) is 3.60. The summed E-state index contributed by atoms with van der Waals surface area (Å²) < 4.78 is 0. The SMILES string of the molecule is CCCC[C@@H](CC)C(=O)N1CCS[C@@H]1c1ccc(N(CC)CC)cc1. The molecule has 0 radical (unpaired) electrons. The number of benzene rings is 1. The van der Waals surface area contributed by atoms with E-state index in [0.29, 0.717) is 5.91 Å². The van der Waals surface area contributed by atoms with Crippen LogP contribution >= 0.6 is 11.8 Å². The van der Waals surface area contributed by atoms with Crippen LogP contribution in [0.25, 0.3) is 0 Å². The second-order valence-electron chi connectivity index (χ2n) is 6.77. The number of rotatable bonds is 9. The molecule has 0 unspecified atom stereocenters. The maximum Gasteiger partial charge on any atom is 0.226 e. The van der Waals surface area contributed by atoms with Crippen LogP contribution in [0.2, 0.25) is 0 Å². The van der Waals surface area contributed by atoms with Crippen molar-refractivity contribution in [2.45, 2.75) is 58.8 Å². The highest BCUT2D eigenvalue weighted by Gasteiger charge is 2.33. The Morgan fingerprint density at radius 2 is 1.88 bits per heavy atom. The average Bonchev–Trinajstić information content (AvgIpc) is 3.13. The minimum atomic E-state index is 0.189. The summed E-state index contributed by atoms with van der Waals surface area (Å²) in [6.45, 7) is 11.6. The van der Waals surface area contributed by atoms with E-state index in [4.69, 9.17) is 0 Å². The third kappa shape index (κ3) is 4.93. The van der Waals surface area contributed by atoms with E-state index in [1.165, 1.54) is 11.3 Å². The van der Waals surface area contributed by atoms with E-state index in [2.05, 4.69) is 61.8 Å². The highest BCUT2D eigenvalue weighted by Crippen LogP contribution is 2.39. The van der Waals surface area contributed by atoms with Crippen molar-refractivity contribution in [3.8, 4) is 0 Å². The van der Waals surface area contributed by atoms with Crippen molar-refractivity contribution in [1.82, 2.24) is 4.90 Å². The summed E-state index contributed by atoms with van der Waals surface area (Å²) in [6, 6.07) is 8.84. The Morgan fingerprint density at radius 3 is 2.44 bits per heavy atom. The fourth-order valence-corrected chi connectivity index (χ4v) is 4.86. The van der Waals surface area contributed by atoms with Gasteiger partial charge in [-0.05, 0) is 44.4 Å². The number of carbonyl (C=O) groups excluding carboxylic acids is 1. The summed E-state index contributed by atoms with van der Waals surface area (Å²) >= 11 is 1.90. The highest BCUT2D eigenvalue weighted by atomic mass is 32.2. The van der Waals surface area contributed by atoms with Gasteiger partial charge in [0, 0.05) is 37.0 Å². The van der Waals surface area contributed by atoms with Crippen LogP contribution < -0.4 is 4.90 Å². The van der Waals surface area contributed by atoms with Gasteiger partial charge in [0.25, 0.3) is 0 Å². The quantitative estimate of drug-likeness (QED) is 0.594. The fraction of sp³-hybridized carbons (Fsp3) is 0.667. The summed E-state index contributed by atoms with van der Waals surface area (Å²) in [7, 11) is 0. The zero-order valence-electron chi connectivity index (χ0n) is 16.3. The minimum Gasteiger partial charge on any atom is -0.372 e. The third-order valence-electron chi connectivity index (χ3n) is 5.23. The number of carbonyl (C=O) groups is 1. The maximum atomic E-state index is 13.0. The van der Waals surface area contributed by atoms with Crippen LogP contribution in [0.4, 0.5) is 5.69 Å². The van der Waals surface area contributed by atoms with Gasteiger partial charge in [0.05, 0.1) is 0 Å². The topological polar surface area (TPSA) is 23.6 Å². The Hall–Kier alpha value is -1.16. The van der Waals surface area contributed by atoms with Crippen molar-refractivity contribution >= 4 is 23.4 Å². The van der Waals surface area contributed by atoms with Gasteiger partial charge in [-0.1, -0.05) is 38.8 Å². The predicted octanol–water partition coefficient (Wildman–Crippen LogP) is 5.32. The summed E-state index contributed by atoms with van der Waals surface area (Å²) in [5, 5.41) is 0.189. The first-order chi connectivity index (χ1) is 12.2. The maximum absolute atomic E-state index is 13.0. The molecule has 2 atom stereocenters. The molecule has 1 aliphatic heterocycles. The second-order valence-corrected chi connectivity index (χ2v) is 7.95. The van der Waals surface area contributed by atoms with Gasteiger partial charge in [0.1, 0.15) is 5.37 Å². The number of anilines is 1. The summed E-state index contributed by atoms with van der Waals surface area (Å²) in [6.07, 6.45) is 4.29. The number of hydrogen-bond acceptors (Lipinski definition) is 3. The van der Waals surface area contributed by atoms with Gasteiger partial charge in [0.15, 0.2) is 0 Å². The summed E-state index contributed by atoms with van der Waals surface area (Å²) in [4.78, 5) is 17.5. The number of nitrogens with zero attached hydrogens (tertiary/aromatic N) is 2. The van der Waals surface area contributed by atoms with Gasteiger partial charge >= 0.3 is 0 Å². The van der Waals surface area contributed by atoms with Crippen molar-refractivity contribution in [3.05, 3.63) is 29.8 Å².